The molecular weight excluding hydrogens is 262 g/mol. The maximum absolute atomic E-state index is 7.81. The fourth-order valence-corrected chi connectivity index (χ4v) is 2.20. The average Bonchev–Trinajstić information content (AvgIpc) is 2.48. The van der Waals surface area contributed by atoms with Crippen molar-refractivity contribution in [2.24, 2.45) is 11.5 Å². The number of benzene rings is 2. The Morgan fingerprint density at radius 2 is 1.76 bits per heavy atom. The van der Waals surface area contributed by atoms with Crippen molar-refractivity contribution in [3.8, 4) is 5.75 Å². The third kappa shape index (κ3) is 3.63. The highest BCUT2D eigenvalue weighted by molar-refractivity contribution is 6.21. The van der Waals surface area contributed by atoms with Gasteiger partial charge in [0.2, 0.25) is 0 Å². The topological polar surface area (TPSA) is 85.1 Å². The molecule has 0 heterocycles. The van der Waals surface area contributed by atoms with Crippen LogP contribution in [0, 0.1) is 5.41 Å². The first-order chi connectivity index (χ1) is 10.1. The highest BCUT2D eigenvalue weighted by Crippen LogP contribution is 2.23. The molecule has 0 radical (unpaired) electrons. The van der Waals surface area contributed by atoms with E-state index in [9.17, 15) is 0 Å². The van der Waals surface area contributed by atoms with Crippen molar-refractivity contribution in [2.45, 2.75) is 6.42 Å². The minimum atomic E-state index is -0.0447. The van der Waals surface area contributed by atoms with Crippen molar-refractivity contribution in [1.29, 1.82) is 5.41 Å². The third-order valence-corrected chi connectivity index (χ3v) is 3.19. The second kappa shape index (κ2) is 6.61. The van der Waals surface area contributed by atoms with Crippen LogP contribution in [0.4, 0.5) is 0 Å². The van der Waals surface area contributed by atoms with Crippen LogP contribution in [0.2, 0.25) is 0 Å². The number of allylic oxidation sites excluding steroid dienone is 1. The van der Waals surface area contributed by atoms with E-state index >= 15 is 0 Å². The number of nitrogens with two attached hydrogens (primary N) is 2. The molecule has 2 aromatic rings. The number of rotatable bonds is 5. The number of nitrogens with one attached hydrogen (secondary N) is 1. The first-order valence-corrected chi connectivity index (χ1v) is 6.63. The van der Waals surface area contributed by atoms with Crippen molar-refractivity contribution in [2.75, 3.05) is 7.11 Å². The predicted molar refractivity (Wildman–Crippen MR) is 86.2 cm³/mol. The second-order valence-electron chi connectivity index (χ2n) is 4.71. The third-order valence-electron chi connectivity index (χ3n) is 3.19. The van der Waals surface area contributed by atoms with Crippen LogP contribution in [0.3, 0.4) is 0 Å². The fourth-order valence-electron chi connectivity index (χ4n) is 2.20. The number of hydrogen-bond donors (Lipinski definition) is 3. The summed E-state index contributed by atoms with van der Waals surface area (Å²) < 4.78 is 5.21. The molecule has 4 heteroatoms. The van der Waals surface area contributed by atoms with Crippen molar-refractivity contribution in [3.63, 3.8) is 0 Å². The van der Waals surface area contributed by atoms with Gasteiger partial charge in [0.15, 0.2) is 0 Å². The lowest BCUT2D eigenvalue weighted by molar-refractivity contribution is 0.414. The first kappa shape index (κ1) is 14.7. The molecular formula is C17H19N3O. The molecule has 5 N–H and O–H groups in total. The van der Waals surface area contributed by atoms with Gasteiger partial charge in [0.25, 0.3) is 0 Å². The summed E-state index contributed by atoms with van der Waals surface area (Å²) in [6.07, 6.45) is 0.549. The van der Waals surface area contributed by atoms with Crippen LogP contribution in [0.15, 0.2) is 60.3 Å². The molecule has 0 aliphatic carbocycles. The number of ether oxygens (including phenoxy) is 1. The lowest BCUT2D eigenvalue weighted by Gasteiger charge is -2.12. The van der Waals surface area contributed by atoms with Gasteiger partial charge >= 0.3 is 0 Å². The van der Waals surface area contributed by atoms with E-state index in [0.717, 1.165) is 11.1 Å². The molecule has 108 valence electrons. The molecule has 0 unspecified atom stereocenters. The molecule has 2 aromatic carbocycles. The highest BCUT2D eigenvalue weighted by Gasteiger charge is 2.11. The lowest BCUT2D eigenvalue weighted by atomic mass is 9.99. The summed E-state index contributed by atoms with van der Waals surface area (Å²) in [6.45, 7) is 0. The zero-order valence-electron chi connectivity index (χ0n) is 12.0. The Kier molecular flexibility index (Phi) is 4.61. The van der Waals surface area contributed by atoms with E-state index < -0.39 is 0 Å². The second-order valence-corrected chi connectivity index (χ2v) is 4.71. The molecule has 0 aromatic heterocycles. The van der Waals surface area contributed by atoms with E-state index in [1.807, 2.05) is 54.6 Å². The van der Waals surface area contributed by atoms with E-state index in [1.54, 1.807) is 7.11 Å². The van der Waals surface area contributed by atoms with Crippen LogP contribution in [0.1, 0.15) is 11.1 Å². The summed E-state index contributed by atoms with van der Waals surface area (Å²) >= 11 is 0. The van der Waals surface area contributed by atoms with Gasteiger partial charge in [0.05, 0.1) is 7.11 Å². The van der Waals surface area contributed by atoms with Gasteiger partial charge in [-0.25, -0.2) is 0 Å². The van der Waals surface area contributed by atoms with Crippen LogP contribution in [0.5, 0.6) is 5.75 Å². The summed E-state index contributed by atoms with van der Waals surface area (Å²) in [6, 6.07) is 17.3. The zero-order chi connectivity index (χ0) is 15.2. The van der Waals surface area contributed by atoms with Crippen molar-refractivity contribution in [1.82, 2.24) is 0 Å². The molecule has 4 nitrogen and oxygen atoms in total. The molecule has 0 atom stereocenters. The van der Waals surface area contributed by atoms with Gasteiger partial charge in [0, 0.05) is 17.7 Å². The summed E-state index contributed by atoms with van der Waals surface area (Å²) in [5, 5.41) is 7.81. The van der Waals surface area contributed by atoms with E-state index in [-0.39, 0.29) is 5.84 Å². The Balaban J connectivity index is 2.41. The summed E-state index contributed by atoms with van der Waals surface area (Å²) in [5.74, 6) is 0.662. The average molecular weight is 281 g/mol. The molecule has 0 saturated heterocycles. The zero-order valence-corrected chi connectivity index (χ0v) is 12.0. The van der Waals surface area contributed by atoms with Gasteiger partial charge in [-0.2, -0.15) is 0 Å². The van der Waals surface area contributed by atoms with Crippen molar-refractivity contribution < 1.29 is 4.74 Å². The highest BCUT2D eigenvalue weighted by atomic mass is 16.5. The van der Waals surface area contributed by atoms with Crippen LogP contribution >= 0.6 is 0 Å². The molecule has 2 rings (SSSR count). The summed E-state index contributed by atoms with van der Waals surface area (Å²) in [4.78, 5) is 0. The Morgan fingerprint density at radius 1 is 1.05 bits per heavy atom. The first-order valence-electron chi connectivity index (χ1n) is 6.63. The van der Waals surface area contributed by atoms with E-state index in [4.69, 9.17) is 21.6 Å². The Hall–Kier alpha value is -2.75. The van der Waals surface area contributed by atoms with Crippen molar-refractivity contribution in [3.05, 3.63) is 71.4 Å². The van der Waals surface area contributed by atoms with Gasteiger partial charge in [-0.1, -0.05) is 42.5 Å². The molecule has 0 aliphatic heterocycles. The van der Waals surface area contributed by atoms with E-state index in [0.29, 0.717) is 23.4 Å². The van der Waals surface area contributed by atoms with Gasteiger partial charge in [-0.3, -0.25) is 5.41 Å². The number of methoxy groups -OCH3 is 1. The number of hydrogen-bond acceptors (Lipinski definition) is 3. The van der Waals surface area contributed by atoms with Gasteiger partial charge in [-0.05, 0) is 23.3 Å². The lowest BCUT2D eigenvalue weighted by Crippen LogP contribution is -2.18. The monoisotopic (exact) mass is 281 g/mol. The van der Waals surface area contributed by atoms with Gasteiger partial charge in [-0.15, -0.1) is 0 Å². The number of amidine groups is 1. The Labute approximate surface area is 124 Å². The standard InChI is InChI=1S/C17H19N3O/c1-21-14-9-5-8-13(11-14)16(17(19)20)15(18)10-12-6-3-2-4-7-12/h2-9,11H,10,18H2,1H3,(H3,19,20)/b16-15-. The maximum atomic E-state index is 7.81. The summed E-state index contributed by atoms with van der Waals surface area (Å²) in [5.41, 5.74) is 14.9. The van der Waals surface area contributed by atoms with Crippen LogP contribution < -0.4 is 16.2 Å². The van der Waals surface area contributed by atoms with Gasteiger partial charge in [0.1, 0.15) is 11.6 Å². The molecule has 21 heavy (non-hydrogen) atoms. The minimum Gasteiger partial charge on any atom is -0.497 e. The normalized spacial score (nSPS) is 11.7. The molecule has 0 spiro atoms. The molecule has 0 amide bonds. The molecule has 0 bridgehead atoms. The maximum Gasteiger partial charge on any atom is 0.125 e. The van der Waals surface area contributed by atoms with Crippen LogP contribution in [-0.2, 0) is 6.42 Å². The minimum absolute atomic E-state index is 0.0447. The van der Waals surface area contributed by atoms with E-state index in [2.05, 4.69) is 0 Å². The molecule has 0 fully saturated rings. The quantitative estimate of drug-likeness (QED) is 0.581. The Bertz CT molecular complexity index is 663. The van der Waals surface area contributed by atoms with Crippen molar-refractivity contribution >= 4 is 11.4 Å². The summed E-state index contributed by atoms with van der Waals surface area (Å²) in [7, 11) is 1.60. The SMILES string of the molecule is COc1cccc(/C(C(=N)N)=C(/N)Cc2ccccc2)c1. The molecule has 0 saturated carbocycles. The Morgan fingerprint density at radius 3 is 2.38 bits per heavy atom. The van der Waals surface area contributed by atoms with Crippen LogP contribution in [0.25, 0.3) is 5.57 Å². The smallest absolute Gasteiger partial charge is 0.125 e. The largest absolute Gasteiger partial charge is 0.497 e. The predicted octanol–water partition coefficient (Wildman–Crippen LogP) is 2.54. The van der Waals surface area contributed by atoms with Crippen LogP contribution in [-0.4, -0.2) is 12.9 Å². The molecule has 0 aliphatic rings. The fraction of sp³-hybridized carbons (Fsp3) is 0.118. The van der Waals surface area contributed by atoms with Gasteiger partial charge < -0.3 is 16.2 Å². The van der Waals surface area contributed by atoms with E-state index in [1.165, 1.54) is 0 Å².